The number of rotatable bonds is 4. The van der Waals surface area contributed by atoms with Crippen molar-refractivity contribution in [1.82, 2.24) is 4.31 Å². The number of anilines is 1. The van der Waals surface area contributed by atoms with Crippen molar-refractivity contribution in [3.05, 3.63) is 28.2 Å². The van der Waals surface area contributed by atoms with Crippen molar-refractivity contribution in [1.29, 1.82) is 0 Å². The van der Waals surface area contributed by atoms with Crippen molar-refractivity contribution < 1.29 is 13.2 Å². The second-order valence-corrected chi connectivity index (χ2v) is 8.29. The summed E-state index contributed by atoms with van der Waals surface area (Å²) in [5, 5.41) is 3.67. The predicted octanol–water partition coefficient (Wildman–Crippen LogP) is 2.99. The number of hydrogen-bond donors (Lipinski definition) is 1. The molecule has 0 bridgehead atoms. The molecular formula is C14H18Cl2N2O3S. The Morgan fingerprint density at radius 3 is 2.55 bits per heavy atom. The van der Waals surface area contributed by atoms with Gasteiger partial charge in [0, 0.05) is 24.0 Å². The van der Waals surface area contributed by atoms with Crippen LogP contribution in [0, 0.1) is 5.92 Å². The maximum absolute atomic E-state index is 12.3. The number of piperidine rings is 1. The fraction of sp³-hybridized carbons (Fsp3) is 0.500. The first-order valence-corrected chi connectivity index (χ1v) is 9.43. The van der Waals surface area contributed by atoms with Crippen LogP contribution >= 0.6 is 23.2 Å². The van der Waals surface area contributed by atoms with Gasteiger partial charge in [0.05, 0.1) is 16.5 Å². The first-order valence-electron chi connectivity index (χ1n) is 7.07. The molecule has 1 N–H and O–H groups in total. The highest BCUT2D eigenvalue weighted by molar-refractivity contribution is 7.89. The summed E-state index contributed by atoms with van der Waals surface area (Å²) < 4.78 is 25.0. The van der Waals surface area contributed by atoms with Crippen LogP contribution in [0.3, 0.4) is 0 Å². The quantitative estimate of drug-likeness (QED) is 0.892. The molecule has 1 amide bonds. The molecule has 0 saturated carbocycles. The molecule has 1 aromatic carbocycles. The number of amides is 1. The summed E-state index contributed by atoms with van der Waals surface area (Å²) in [6.45, 7) is 2.37. The van der Waals surface area contributed by atoms with Gasteiger partial charge < -0.3 is 5.32 Å². The van der Waals surface area contributed by atoms with Crippen LogP contribution in [0.25, 0.3) is 0 Å². The van der Waals surface area contributed by atoms with E-state index < -0.39 is 10.0 Å². The van der Waals surface area contributed by atoms with E-state index in [1.807, 2.05) is 0 Å². The highest BCUT2D eigenvalue weighted by Crippen LogP contribution is 2.27. The number of hydrogen-bond acceptors (Lipinski definition) is 3. The fourth-order valence-electron chi connectivity index (χ4n) is 2.41. The maximum Gasteiger partial charge on any atom is 0.227 e. The highest BCUT2D eigenvalue weighted by atomic mass is 35.5. The van der Waals surface area contributed by atoms with Gasteiger partial charge in [0.15, 0.2) is 0 Å². The molecule has 8 heteroatoms. The Kier molecular flexibility index (Phi) is 5.71. The van der Waals surface area contributed by atoms with Gasteiger partial charge in [-0.25, -0.2) is 12.7 Å². The lowest BCUT2D eigenvalue weighted by Gasteiger charge is -2.30. The minimum Gasteiger partial charge on any atom is -0.324 e. The van der Waals surface area contributed by atoms with Gasteiger partial charge in [-0.1, -0.05) is 23.2 Å². The van der Waals surface area contributed by atoms with Crippen molar-refractivity contribution >= 4 is 44.8 Å². The van der Waals surface area contributed by atoms with E-state index in [9.17, 15) is 13.2 Å². The Balaban J connectivity index is 1.97. The second-order valence-electron chi connectivity index (χ2n) is 5.19. The molecule has 0 unspecified atom stereocenters. The SMILES string of the molecule is CCS(=O)(=O)N1CCC(C(=O)Nc2cc(Cl)ccc2Cl)CC1. The van der Waals surface area contributed by atoms with E-state index >= 15 is 0 Å². The summed E-state index contributed by atoms with van der Waals surface area (Å²) in [5.74, 6) is -0.293. The van der Waals surface area contributed by atoms with Gasteiger partial charge in [0.2, 0.25) is 15.9 Å². The van der Waals surface area contributed by atoms with Crippen LogP contribution in [0.2, 0.25) is 10.0 Å². The smallest absolute Gasteiger partial charge is 0.227 e. The first kappa shape index (κ1) is 17.5. The van der Waals surface area contributed by atoms with Crippen LogP contribution in [0.1, 0.15) is 19.8 Å². The summed E-state index contributed by atoms with van der Waals surface area (Å²) in [5.41, 5.74) is 0.475. The van der Waals surface area contributed by atoms with E-state index in [2.05, 4.69) is 5.32 Å². The predicted molar refractivity (Wildman–Crippen MR) is 88.8 cm³/mol. The van der Waals surface area contributed by atoms with Crippen LogP contribution in [-0.4, -0.2) is 37.5 Å². The number of sulfonamides is 1. The normalized spacial score (nSPS) is 17.4. The lowest BCUT2D eigenvalue weighted by atomic mass is 9.97. The summed E-state index contributed by atoms with van der Waals surface area (Å²) in [6, 6.07) is 4.86. The second kappa shape index (κ2) is 7.17. The molecule has 22 heavy (non-hydrogen) atoms. The third kappa shape index (κ3) is 4.13. The number of benzene rings is 1. The van der Waals surface area contributed by atoms with Gasteiger partial charge in [0.1, 0.15) is 0 Å². The molecule has 1 fully saturated rings. The van der Waals surface area contributed by atoms with Gasteiger partial charge in [-0.15, -0.1) is 0 Å². The number of halogens is 2. The molecule has 1 saturated heterocycles. The molecule has 0 aromatic heterocycles. The Bertz CT molecular complexity index is 656. The first-order chi connectivity index (χ1) is 10.3. The molecule has 0 aliphatic carbocycles. The molecule has 1 aromatic rings. The molecule has 1 aliphatic rings. The zero-order chi connectivity index (χ0) is 16.3. The minimum atomic E-state index is -3.18. The van der Waals surface area contributed by atoms with E-state index in [0.717, 1.165) is 0 Å². The largest absolute Gasteiger partial charge is 0.324 e. The number of nitrogens with one attached hydrogen (secondary N) is 1. The van der Waals surface area contributed by atoms with Gasteiger partial charge in [-0.05, 0) is 38.0 Å². The van der Waals surface area contributed by atoms with E-state index in [-0.39, 0.29) is 17.6 Å². The van der Waals surface area contributed by atoms with Gasteiger partial charge >= 0.3 is 0 Å². The summed E-state index contributed by atoms with van der Waals surface area (Å²) in [4.78, 5) is 12.3. The summed E-state index contributed by atoms with van der Waals surface area (Å²) in [7, 11) is -3.18. The van der Waals surface area contributed by atoms with E-state index in [1.54, 1.807) is 25.1 Å². The monoisotopic (exact) mass is 364 g/mol. The van der Waals surface area contributed by atoms with E-state index in [1.165, 1.54) is 4.31 Å². The standard InChI is InChI=1S/C14H18Cl2N2O3S/c1-2-22(20,21)18-7-5-10(6-8-18)14(19)17-13-9-11(15)3-4-12(13)16/h3-4,9-10H,2,5-8H2,1H3,(H,17,19). The zero-order valence-electron chi connectivity index (χ0n) is 12.2. The number of carbonyl (C=O) groups excluding carboxylic acids is 1. The average molecular weight is 365 g/mol. The van der Waals surface area contributed by atoms with Crippen LogP contribution in [0.4, 0.5) is 5.69 Å². The van der Waals surface area contributed by atoms with Crippen LogP contribution in [0.15, 0.2) is 18.2 Å². The molecular weight excluding hydrogens is 347 g/mol. The van der Waals surface area contributed by atoms with Crippen molar-refractivity contribution in [2.24, 2.45) is 5.92 Å². The lowest BCUT2D eigenvalue weighted by Crippen LogP contribution is -2.42. The third-order valence-corrected chi connectivity index (χ3v) is 6.22. The van der Waals surface area contributed by atoms with Gasteiger partial charge in [-0.3, -0.25) is 4.79 Å². The van der Waals surface area contributed by atoms with Crippen molar-refractivity contribution in [2.45, 2.75) is 19.8 Å². The van der Waals surface area contributed by atoms with E-state index in [4.69, 9.17) is 23.2 Å². The van der Waals surface area contributed by atoms with Crippen molar-refractivity contribution in [2.75, 3.05) is 24.2 Å². The molecule has 1 heterocycles. The molecule has 2 rings (SSSR count). The van der Waals surface area contributed by atoms with Gasteiger partial charge in [0.25, 0.3) is 0 Å². The third-order valence-electron chi connectivity index (χ3n) is 3.77. The Hall–Kier alpha value is -0.820. The van der Waals surface area contributed by atoms with E-state index in [0.29, 0.717) is 41.7 Å². The Morgan fingerprint density at radius 1 is 1.32 bits per heavy atom. The van der Waals surface area contributed by atoms with Crippen LogP contribution in [-0.2, 0) is 14.8 Å². The molecule has 0 radical (unpaired) electrons. The Labute approximate surface area is 140 Å². The molecule has 0 atom stereocenters. The Morgan fingerprint density at radius 2 is 1.95 bits per heavy atom. The summed E-state index contributed by atoms with van der Waals surface area (Å²) >= 11 is 11.9. The van der Waals surface area contributed by atoms with Crippen LogP contribution in [0.5, 0.6) is 0 Å². The molecule has 5 nitrogen and oxygen atoms in total. The maximum atomic E-state index is 12.3. The average Bonchev–Trinajstić information content (AvgIpc) is 2.51. The zero-order valence-corrected chi connectivity index (χ0v) is 14.5. The van der Waals surface area contributed by atoms with Gasteiger partial charge in [-0.2, -0.15) is 0 Å². The summed E-state index contributed by atoms with van der Waals surface area (Å²) in [6.07, 6.45) is 1.01. The number of carbonyl (C=O) groups is 1. The minimum absolute atomic E-state index is 0.0853. The van der Waals surface area contributed by atoms with Crippen molar-refractivity contribution in [3.8, 4) is 0 Å². The highest BCUT2D eigenvalue weighted by Gasteiger charge is 2.30. The fourth-order valence-corrected chi connectivity index (χ4v) is 3.88. The number of nitrogens with zero attached hydrogens (tertiary/aromatic N) is 1. The van der Waals surface area contributed by atoms with Crippen molar-refractivity contribution in [3.63, 3.8) is 0 Å². The molecule has 0 spiro atoms. The van der Waals surface area contributed by atoms with Crippen LogP contribution < -0.4 is 5.32 Å². The topological polar surface area (TPSA) is 66.5 Å². The molecule has 1 aliphatic heterocycles. The lowest BCUT2D eigenvalue weighted by molar-refractivity contribution is -0.120. The molecule has 122 valence electrons.